The molecule has 0 aliphatic heterocycles. The SMILES string of the molecule is Cc1ccc(-c2c(C)sc3nc(CN(C)CCc4ccccn4)[nH]c(=O)c23)cc1. The Labute approximate surface area is 174 Å². The summed E-state index contributed by atoms with van der Waals surface area (Å²) in [5, 5.41) is 0.691. The van der Waals surface area contributed by atoms with Gasteiger partial charge in [0.25, 0.3) is 5.56 Å². The molecule has 0 atom stereocenters. The highest BCUT2D eigenvalue weighted by Gasteiger charge is 2.17. The van der Waals surface area contributed by atoms with Crippen molar-refractivity contribution >= 4 is 21.6 Å². The largest absolute Gasteiger partial charge is 0.309 e. The summed E-state index contributed by atoms with van der Waals surface area (Å²) in [5.74, 6) is 0.697. The summed E-state index contributed by atoms with van der Waals surface area (Å²) in [4.78, 5) is 29.1. The van der Waals surface area contributed by atoms with Crippen LogP contribution >= 0.6 is 11.3 Å². The number of hydrogen-bond donors (Lipinski definition) is 1. The Morgan fingerprint density at radius 3 is 2.62 bits per heavy atom. The topological polar surface area (TPSA) is 61.9 Å². The maximum absolute atomic E-state index is 12.9. The molecule has 29 heavy (non-hydrogen) atoms. The molecule has 0 unspecified atom stereocenters. The first kappa shape index (κ1) is 19.5. The number of aromatic amines is 1. The zero-order valence-electron chi connectivity index (χ0n) is 16.9. The highest BCUT2D eigenvalue weighted by molar-refractivity contribution is 7.19. The van der Waals surface area contributed by atoms with Gasteiger partial charge < -0.3 is 4.98 Å². The van der Waals surface area contributed by atoms with E-state index in [0.29, 0.717) is 17.8 Å². The molecule has 0 aliphatic carbocycles. The van der Waals surface area contributed by atoms with Crippen LogP contribution in [0.5, 0.6) is 0 Å². The van der Waals surface area contributed by atoms with Gasteiger partial charge in [-0.15, -0.1) is 11.3 Å². The molecule has 1 N–H and O–H groups in total. The fourth-order valence-corrected chi connectivity index (χ4v) is 4.56. The standard InChI is InChI=1S/C23H24N4OS/c1-15-7-9-17(10-8-15)20-16(2)29-23-21(20)22(28)25-19(26-23)14-27(3)13-11-18-6-4-5-12-24-18/h4-10,12H,11,13-14H2,1-3H3,(H,25,26,28). The summed E-state index contributed by atoms with van der Waals surface area (Å²) >= 11 is 1.58. The van der Waals surface area contributed by atoms with E-state index in [4.69, 9.17) is 4.98 Å². The molecular weight excluding hydrogens is 380 g/mol. The zero-order valence-corrected chi connectivity index (χ0v) is 17.7. The molecule has 4 aromatic rings. The van der Waals surface area contributed by atoms with Crippen LogP contribution in [-0.4, -0.2) is 33.4 Å². The number of nitrogens with zero attached hydrogens (tertiary/aromatic N) is 3. The van der Waals surface area contributed by atoms with Crippen LogP contribution in [0.25, 0.3) is 21.3 Å². The molecule has 3 heterocycles. The number of rotatable bonds is 6. The predicted octanol–water partition coefficient (Wildman–Crippen LogP) is 4.34. The van der Waals surface area contributed by atoms with Crippen molar-refractivity contribution in [2.24, 2.45) is 0 Å². The van der Waals surface area contributed by atoms with Gasteiger partial charge >= 0.3 is 0 Å². The highest BCUT2D eigenvalue weighted by Crippen LogP contribution is 2.35. The zero-order chi connectivity index (χ0) is 20.4. The summed E-state index contributed by atoms with van der Waals surface area (Å²) in [6.45, 7) is 5.55. The van der Waals surface area contributed by atoms with Crippen molar-refractivity contribution in [1.82, 2.24) is 19.9 Å². The van der Waals surface area contributed by atoms with E-state index < -0.39 is 0 Å². The first-order valence-electron chi connectivity index (χ1n) is 9.69. The highest BCUT2D eigenvalue weighted by atomic mass is 32.1. The lowest BCUT2D eigenvalue weighted by Gasteiger charge is -2.15. The van der Waals surface area contributed by atoms with Gasteiger partial charge in [-0.2, -0.15) is 0 Å². The predicted molar refractivity (Wildman–Crippen MR) is 119 cm³/mol. The number of aryl methyl sites for hydroxylation is 2. The second kappa shape index (κ2) is 8.27. The van der Waals surface area contributed by atoms with E-state index in [9.17, 15) is 4.79 Å². The molecule has 5 nitrogen and oxygen atoms in total. The summed E-state index contributed by atoms with van der Waals surface area (Å²) in [7, 11) is 2.03. The van der Waals surface area contributed by atoms with Crippen LogP contribution in [-0.2, 0) is 13.0 Å². The first-order chi connectivity index (χ1) is 14.0. The molecule has 4 rings (SSSR count). The fourth-order valence-electron chi connectivity index (χ4n) is 3.49. The minimum atomic E-state index is -0.0666. The molecular formula is C23H24N4OS. The van der Waals surface area contributed by atoms with Crippen molar-refractivity contribution in [1.29, 1.82) is 0 Å². The van der Waals surface area contributed by atoms with Crippen molar-refractivity contribution < 1.29 is 0 Å². The number of pyridine rings is 1. The Balaban J connectivity index is 1.58. The Bertz CT molecular complexity index is 1180. The molecule has 0 saturated heterocycles. The molecule has 148 valence electrons. The van der Waals surface area contributed by atoms with Crippen LogP contribution in [0.1, 0.15) is 22.0 Å². The minimum Gasteiger partial charge on any atom is -0.309 e. The molecule has 1 aromatic carbocycles. The summed E-state index contributed by atoms with van der Waals surface area (Å²) < 4.78 is 0. The van der Waals surface area contributed by atoms with Gasteiger partial charge in [-0.25, -0.2) is 4.98 Å². The van der Waals surface area contributed by atoms with Gasteiger partial charge in [-0.1, -0.05) is 35.9 Å². The van der Waals surface area contributed by atoms with Crippen molar-refractivity contribution in [2.45, 2.75) is 26.8 Å². The third kappa shape index (κ3) is 4.28. The Kier molecular flexibility index (Phi) is 5.56. The number of H-pyrrole nitrogens is 1. The lowest BCUT2D eigenvalue weighted by molar-refractivity contribution is 0.321. The molecule has 6 heteroatoms. The van der Waals surface area contributed by atoms with Crippen LogP contribution < -0.4 is 5.56 Å². The van der Waals surface area contributed by atoms with Gasteiger partial charge in [0.15, 0.2) is 0 Å². The van der Waals surface area contributed by atoms with E-state index in [2.05, 4.69) is 53.0 Å². The summed E-state index contributed by atoms with van der Waals surface area (Å²) in [5.41, 5.74) is 4.26. The molecule has 0 spiro atoms. The normalized spacial score (nSPS) is 11.4. The Morgan fingerprint density at radius 1 is 1.10 bits per heavy atom. The fraction of sp³-hybridized carbons (Fsp3) is 0.261. The molecule has 0 fully saturated rings. The summed E-state index contributed by atoms with van der Waals surface area (Å²) in [6, 6.07) is 14.2. The van der Waals surface area contributed by atoms with Crippen LogP contribution in [0.2, 0.25) is 0 Å². The van der Waals surface area contributed by atoms with Crippen molar-refractivity contribution in [3.8, 4) is 11.1 Å². The van der Waals surface area contributed by atoms with E-state index in [1.165, 1.54) is 5.56 Å². The smallest absolute Gasteiger partial charge is 0.260 e. The van der Waals surface area contributed by atoms with Crippen molar-refractivity contribution in [2.75, 3.05) is 13.6 Å². The van der Waals surface area contributed by atoms with Gasteiger partial charge in [0.05, 0.1) is 11.9 Å². The van der Waals surface area contributed by atoms with Gasteiger partial charge in [0.1, 0.15) is 10.7 Å². The van der Waals surface area contributed by atoms with Crippen molar-refractivity contribution in [3.05, 3.63) is 81.0 Å². The molecule has 0 amide bonds. The maximum Gasteiger partial charge on any atom is 0.260 e. The quantitative estimate of drug-likeness (QED) is 0.519. The minimum absolute atomic E-state index is 0.0666. The van der Waals surface area contributed by atoms with Gasteiger partial charge in [-0.3, -0.25) is 14.7 Å². The summed E-state index contributed by atoms with van der Waals surface area (Å²) in [6.07, 6.45) is 2.67. The lowest BCUT2D eigenvalue weighted by Crippen LogP contribution is -2.24. The van der Waals surface area contributed by atoms with E-state index in [0.717, 1.165) is 39.5 Å². The van der Waals surface area contributed by atoms with Crippen LogP contribution in [0.15, 0.2) is 53.5 Å². The number of nitrogens with one attached hydrogen (secondary N) is 1. The number of aromatic nitrogens is 3. The average molecular weight is 405 g/mol. The lowest BCUT2D eigenvalue weighted by atomic mass is 10.0. The van der Waals surface area contributed by atoms with Gasteiger partial charge in [-0.05, 0) is 38.6 Å². The number of fused-ring (bicyclic) bond motifs is 1. The number of benzene rings is 1. The molecule has 0 aliphatic rings. The van der Waals surface area contributed by atoms with Crippen molar-refractivity contribution in [3.63, 3.8) is 0 Å². The second-order valence-electron chi connectivity index (χ2n) is 7.40. The Hall–Kier alpha value is -2.83. The number of hydrogen-bond acceptors (Lipinski definition) is 5. The maximum atomic E-state index is 12.9. The Morgan fingerprint density at radius 2 is 1.90 bits per heavy atom. The molecule has 3 aromatic heterocycles. The van der Waals surface area contributed by atoms with Gasteiger partial charge in [0, 0.05) is 35.3 Å². The third-order valence-corrected chi connectivity index (χ3v) is 6.02. The van der Waals surface area contributed by atoms with E-state index in [-0.39, 0.29) is 5.56 Å². The molecule has 0 saturated carbocycles. The third-order valence-electron chi connectivity index (χ3n) is 5.02. The molecule has 0 bridgehead atoms. The van der Waals surface area contributed by atoms with Gasteiger partial charge in [0.2, 0.25) is 0 Å². The monoisotopic (exact) mass is 404 g/mol. The number of thiophene rings is 1. The van der Waals surface area contributed by atoms with E-state index in [1.54, 1.807) is 11.3 Å². The first-order valence-corrected chi connectivity index (χ1v) is 10.5. The van der Waals surface area contributed by atoms with E-state index >= 15 is 0 Å². The van der Waals surface area contributed by atoms with E-state index in [1.807, 2.05) is 31.4 Å². The second-order valence-corrected chi connectivity index (χ2v) is 8.60. The van der Waals surface area contributed by atoms with Crippen LogP contribution in [0, 0.1) is 13.8 Å². The average Bonchev–Trinajstić information content (AvgIpc) is 3.04. The van der Waals surface area contributed by atoms with Crippen LogP contribution in [0.3, 0.4) is 0 Å². The van der Waals surface area contributed by atoms with Crippen LogP contribution in [0.4, 0.5) is 0 Å². The number of likely N-dealkylation sites (N-methyl/N-ethyl adjacent to an activating group) is 1. The molecule has 0 radical (unpaired) electrons.